The van der Waals surface area contributed by atoms with Crippen molar-refractivity contribution in [1.29, 1.82) is 0 Å². The van der Waals surface area contributed by atoms with Gasteiger partial charge >= 0.3 is 6.18 Å². The maximum atomic E-state index is 13.0. The number of aliphatic hydroxyl groups is 1. The molecule has 1 aromatic carbocycles. The number of benzene rings is 1. The number of halogens is 3. The van der Waals surface area contributed by atoms with Crippen molar-refractivity contribution >= 4 is 17.4 Å². The van der Waals surface area contributed by atoms with Crippen LogP contribution in [0, 0.1) is 10.1 Å². The molecule has 1 aliphatic rings. The van der Waals surface area contributed by atoms with Gasteiger partial charge in [0.05, 0.1) is 22.6 Å². The van der Waals surface area contributed by atoms with E-state index < -0.39 is 33.7 Å². The highest BCUT2D eigenvalue weighted by Gasteiger charge is 2.42. The smallest absolute Gasteiger partial charge is 0.387 e. The zero-order valence-electron chi connectivity index (χ0n) is 11.4. The van der Waals surface area contributed by atoms with Crippen molar-refractivity contribution in [3.8, 4) is 0 Å². The normalized spacial score (nSPS) is 20.5. The van der Waals surface area contributed by atoms with Crippen LogP contribution in [0.1, 0.15) is 17.2 Å². The van der Waals surface area contributed by atoms with Crippen molar-refractivity contribution in [2.75, 3.05) is 0 Å². The van der Waals surface area contributed by atoms with Crippen molar-refractivity contribution in [3.05, 3.63) is 52.1 Å². The summed E-state index contributed by atoms with van der Waals surface area (Å²) in [5, 5.41) is 20.8. The summed E-state index contributed by atoms with van der Waals surface area (Å²) in [6, 6.07) is 1.57. The fourth-order valence-electron chi connectivity index (χ4n) is 2.46. The molecule has 2 aromatic rings. The van der Waals surface area contributed by atoms with E-state index in [1.54, 1.807) is 17.0 Å². The summed E-state index contributed by atoms with van der Waals surface area (Å²) in [5.41, 5.74) is -2.19. The first-order valence-corrected chi connectivity index (χ1v) is 7.35. The average Bonchev–Trinajstić information content (AvgIpc) is 3.06. The maximum Gasteiger partial charge on any atom is 0.423 e. The van der Waals surface area contributed by atoms with Gasteiger partial charge in [-0.1, -0.05) is 0 Å². The van der Waals surface area contributed by atoms with E-state index in [4.69, 9.17) is 0 Å². The number of hydrogen-bond donors (Lipinski definition) is 1. The highest BCUT2D eigenvalue weighted by atomic mass is 32.2. The first kappa shape index (κ1) is 15.8. The third-order valence-electron chi connectivity index (χ3n) is 3.53. The molecular formula is C13H10F3N3O3S. The van der Waals surface area contributed by atoms with Crippen molar-refractivity contribution in [2.24, 2.45) is 0 Å². The molecule has 122 valence electrons. The van der Waals surface area contributed by atoms with Crippen LogP contribution in [-0.4, -0.2) is 24.8 Å². The predicted molar refractivity (Wildman–Crippen MR) is 74.9 cm³/mol. The van der Waals surface area contributed by atoms with Crippen LogP contribution in [0.15, 0.2) is 35.7 Å². The molecule has 0 amide bonds. The number of rotatable bonds is 3. The van der Waals surface area contributed by atoms with Gasteiger partial charge in [0.2, 0.25) is 0 Å². The first-order valence-electron chi connectivity index (χ1n) is 6.47. The topological polar surface area (TPSA) is 81.2 Å². The zero-order valence-corrected chi connectivity index (χ0v) is 12.2. The third kappa shape index (κ3) is 2.91. The molecule has 2 unspecified atom stereocenters. The lowest BCUT2D eigenvalue weighted by molar-refractivity contribution is -0.388. The number of alkyl halides is 3. The molecule has 1 N–H and O–H groups in total. The van der Waals surface area contributed by atoms with Gasteiger partial charge in [-0.15, -0.1) is 11.8 Å². The van der Waals surface area contributed by atoms with Gasteiger partial charge in [0, 0.05) is 35.5 Å². The van der Waals surface area contributed by atoms with Gasteiger partial charge in [0.25, 0.3) is 5.69 Å². The van der Waals surface area contributed by atoms with E-state index in [1.807, 2.05) is 0 Å². The molecule has 0 saturated heterocycles. The summed E-state index contributed by atoms with van der Waals surface area (Å²) in [5.74, 6) is 0. The molecule has 0 spiro atoms. The lowest BCUT2D eigenvalue weighted by Crippen LogP contribution is -2.16. The summed E-state index contributed by atoms with van der Waals surface area (Å²) < 4.78 is 40.7. The van der Waals surface area contributed by atoms with Crippen LogP contribution in [0.3, 0.4) is 0 Å². The Morgan fingerprint density at radius 3 is 2.74 bits per heavy atom. The number of nitro benzene ring substituents is 1. The molecular weight excluding hydrogens is 335 g/mol. The second-order valence-corrected chi connectivity index (χ2v) is 6.30. The fraction of sp³-hybridized carbons (Fsp3) is 0.308. The molecule has 0 radical (unpaired) electrons. The zero-order chi connectivity index (χ0) is 16.8. The van der Waals surface area contributed by atoms with E-state index in [-0.39, 0.29) is 10.5 Å². The van der Waals surface area contributed by atoms with Crippen LogP contribution in [0.25, 0.3) is 0 Å². The van der Waals surface area contributed by atoms with Crippen LogP contribution in [0.5, 0.6) is 0 Å². The van der Waals surface area contributed by atoms with E-state index >= 15 is 0 Å². The van der Waals surface area contributed by atoms with Crippen LogP contribution < -0.4 is 0 Å². The quantitative estimate of drug-likeness (QED) is 0.683. The fourth-order valence-corrected chi connectivity index (χ4v) is 3.81. The van der Waals surface area contributed by atoms with Gasteiger partial charge in [-0.25, -0.2) is 4.98 Å². The molecule has 0 saturated carbocycles. The largest absolute Gasteiger partial charge is 0.423 e. The Balaban J connectivity index is 1.98. The van der Waals surface area contributed by atoms with Crippen LogP contribution in [-0.2, 0) is 12.7 Å². The molecule has 1 aromatic heterocycles. The van der Waals surface area contributed by atoms with E-state index in [0.717, 1.165) is 23.9 Å². The van der Waals surface area contributed by atoms with E-state index in [1.165, 1.54) is 6.33 Å². The van der Waals surface area contributed by atoms with Crippen molar-refractivity contribution in [1.82, 2.24) is 9.55 Å². The SMILES string of the molecule is O=[N+]([O-])c1cc2c(cc1C(F)(F)F)SC(Cn1ccnc1)C2O. The maximum absolute atomic E-state index is 13.0. The van der Waals surface area contributed by atoms with Crippen LogP contribution >= 0.6 is 11.8 Å². The summed E-state index contributed by atoms with van der Waals surface area (Å²) in [6.45, 7) is 0.329. The Labute approximate surface area is 132 Å². The van der Waals surface area contributed by atoms with Crippen molar-refractivity contribution < 1.29 is 23.2 Å². The lowest BCUT2D eigenvalue weighted by Gasteiger charge is -2.14. The van der Waals surface area contributed by atoms with E-state index in [9.17, 15) is 28.4 Å². The van der Waals surface area contributed by atoms with Gasteiger partial charge in [-0.05, 0) is 6.07 Å². The number of hydrogen-bond acceptors (Lipinski definition) is 5. The summed E-state index contributed by atoms with van der Waals surface area (Å²) in [6.07, 6.45) is -1.17. The van der Waals surface area contributed by atoms with Gasteiger partial charge in [-0.3, -0.25) is 10.1 Å². The lowest BCUT2D eigenvalue weighted by atomic mass is 10.0. The second-order valence-electron chi connectivity index (χ2n) is 5.02. The molecule has 23 heavy (non-hydrogen) atoms. The summed E-state index contributed by atoms with van der Waals surface area (Å²) in [7, 11) is 0. The second kappa shape index (κ2) is 5.53. The average molecular weight is 345 g/mol. The Hall–Kier alpha value is -2.07. The number of thioether (sulfide) groups is 1. The number of aromatic nitrogens is 2. The molecule has 2 atom stereocenters. The highest BCUT2D eigenvalue weighted by molar-refractivity contribution is 8.00. The monoisotopic (exact) mass is 345 g/mol. The van der Waals surface area contributed by atoms with Crippen molar-refractivity contribution in [2.45, 2.75) is 29.0 Å². The van der Waals surface area contributed by atoms with Gasteiger partial charge in [0.15, 0.2) is 0 Å². The minimum Gasteiger partial charge on any atom is -0.387 e. The van der Waals surface area contributed by atoms with Crippen LogP contribution in [0.4, 0.5) is 18.9 Å². The Bertz CT molecular complexity index is 749. The standard InChI is InChI=1S/C13H10F3N3O3S/c14-13(15,16)8-4-10-7(3-9(8)19(21)22)12(20)11(23-10)5-18-2-1-17-6-18/h1-4,6,11-12,20H,5H2. The van der Waals surface area contributed by atoms with Gasteiger partial charge in [0.1, 0.15) is 5.56 Å². The minimum absolute atomic E-state index is 0.153. The molecule has 2 heterocycles. The minimum atomic E-state index is -4.83. The predicted octanol–water partition coefficient (Wildman–Crippen LogP) is 3.02. The van der Waals surface area contributed by atoms with Crippen LogP contribution in [0.2, 0.25) is 0 Å². The molecule has 0 bridgehead atoms. The number of nitrogens with zero attached hydrogens (tertiary/aromatic N) is 3. The number of nitro groups is 1. The third-order valence-corrected chi connectivity index (χ3v) is 4.85. The Morgan fingerprint density at radius 1 is 1.43 bits per heavy atom. The van der Waals surface area contributed by atoms with Crippen molar-refractivity contribution in [3.63, 3.8) is 0 Å². The van der Waals surface area contributed by atoms with E-state index in [0.29, 0.717) is 6.54 Å². The first-order chi connectivity index (χ1) is 10.8. The number of aliphatic hydroxyl groups excluding tert-OH is 1. The molecule has 6 nitrogen and oxygen atoms in total. The molecule has 0 fully saturated rings. The summed E-state index contributed by atoms with van der Waals surface area (Å²) in [4.78, 5) is 13.9. The Kier molecular flexibility index (Phi) is 3.80. The molecule has 3 rings (SSSR count). The number of imidazole rings is 1. The summed E-state index contributed by atoms with van der Waals surface area (Å²) >= 11 is 1.07. The highest BCUT2D eigenvalue weighted by Crippen LogP contribution is 2.49. The van der Waals surface area contributed by atoms with Gasteiger partial charge in [-0.2, -0.15) is 13.2 Å². The number of fused-ring (bicyclic) bond motifs is 1. The van der Waals surface area contributed by atoms with E-state index in [2.05, 4.69) is 4.98 Å². The Morgan fingerprint density at radius 2 is 2.17 bits per heavy atom. The molecule has 0 aliphatic carbocycles. The molecule has 1 aliphatic heterocycles. The van der Waals surface area contributed by atoms with Gasteiger partial charge < -0.3 is 9.67 Å². The molecule has 10 heteroatoms.